The third-order valence-corrected chi connectivity index (χ3v) is 12.1. The van der Waals surface area contributed by atoms with Crippen LogP contribution in [-0.4, -0.2) is 9.97 Å². The summed E-state index contributed by atoms with van der Waals surface area (Å²) in [5.74, 6) is 0.713. The van der Waals surface area contributed by atoms with Crippen molar-refractivity contribution in [3.05, 3.63) is 205 Å². The number of fused-ring (bicyclic) bond motifs is 7. The number of nitrogens with zero attached hydrogens (tertiary/aromatic N) is 2. The molecule has 2 heteroatoms. The second-order valence-corrected chi connectivity index (χ2v) is 15.7. The molecule has 1 aliphatic rings. The van der Waals surface area contributed by atoms with Crippen molar-refractivity contribution in [2.24, 2.45) is 0 Å². The summed E-state index contributed by atoms with van der Waals surface area (Å²) >= 11 is 0. The van der Waals surface area contributed by atoms with E-state index >= 15 is 0 Å². The Hall–Kier alpha value is -7.16. The molecule has 0 atom stereocenters. The Kier molecular flexibility index (Phi) is 7.55. The highest BCUT2D eigenvalue weighted by molar-refractivity contribution is 6.07. The minimum absolute atomic E-state index is 0.187. The van der Waals surface area contributed by atoms with Crippen LogP contribution in [0.4, 0.5) is 0 Å². The molecule has 10 aromatic rings. The molecule has 0 unspecified atom stereocenters. The van der Waals surface area contributed by atoms with E-state index in [0.717, 1.165) is 33.5 Å². The number of benzene rings is 9. The SMILES string of the molecule is CC1(C)c2c(cccc2-c2ccc(-c3nc(-c4ccccc4)cc(-c4ccc(-c5cccc6ccccc56)cc4)n3)c3ccccc23)-c2ccc3ccccc3c21. The summed E-state index contributed by atoms with van der Waals surface area (Å²) in [6.45, 7) is 4.78. The van der Waals surface area contributed by atoms with Gasteiger partial charge < -0.3 is 0 Å². The summed E-state index contributed by atoms with van der Waals surface area (Å²) in [4.78, 5) is 10.6. The summed E-state index contributed by atoms with van der Waals surface area (Å²) in [6.07, 6.45) is 0. The molecule has 0 saturated carbocycles. The van der Waals surface area contributed by atoms with E-state index in [4.69, 9.17) is 9.97 Å². The van der Waals surface area contributed by atoms with Gasteiger partial charge in [0, 0.05) is 22.1 Å². The van der Waals surface area contributed by atoms with E-state index in [2.05, 4.69) is 202 Å². The monoisotopic (exact) mass is 726 g/mol. The van der Waals surface area contributed by atoms with Gasteiger partial charge in [-0.2, -0.15) is 0 Å². The van der Waals surface area contributed by atoms with Crippen molar-refractivity contribution < 1.29 is 0 Å². The lowest BCUT2D eigenvalue weighted by molar-refractivity contribution is 0.668. The first-order chi connectivity index (χ1) is 28.0. The molecule has 2 nitrogen and oxygen atoms in total. The van der Waals surface area contributed by atoms with Crippen LogP contribution in [0.1, 0.15) is 25.0 Å². The molecule has 1 aliphatic carbocycles. The molecule has 268 valence electrons. The van der Waals surface area contributed by atoms with Gasteiger partial charge >= 0.3 is 0 Å². The van der Waals surface area contributed by atoms with Crippen LogP contribution in [0.15, 0.2) is 194 Å². The molecule has 9 aromatic carbocycles. The van der Waals surface area contributed by atoms with Crippen LogP contribution in [-0.2, 0) is 5.41 Å². The van der Waals surface area contributed by atoms with Gasteiger partial charge in [0.05, 0.1) is 11.4 Å². The lowest BCUT2D eigenvalue weighted by Gasteiger charge is -2.26. The van der Waals surface area contributed by atoms with Crippen molar-refractivity contribution in [3.8, 4) is 67.3 Å². The molecule has 1 aromatic heterocycles. The Morgan fingerprint density at radius 2 is 0.789 bits per heavy atom. The van der Waals surface area contributed by atoms with Gasteiger partial charge in [0.2, 0.25) is 0 Å². The van der Waals surface area contributed by atoms with E-state index in [1.54, 1.807) is 0 Å². The highest BCUT2D eigenvalue weighted by Crippen LogP contribution is 2.55. The van der Waals surface area contributed by atoms with Gasteiger partial charge in [0.15, 0.2) is 5.82 Å². The van der Waals surface area contributed by atoms with Crippen LogP contribution in [0.3, 0.4) is 0 Å². The molecular formula is C55H38N2. The quantitative estimate of drug-likeness (QED) is 0.176. The zero-order chi connectivity index (χ0) is 38.1. The van der Waals surface area contributed by atoms with Gasteiger partial charge in [-0.05, 0) is 89.0 Å². The number of aromatic nitrogens is 2. The second-order valence-electron chi connectivity index (χ2n) is 15.7. The Bertz CT molecular complexity index is 3190. The van der Waals surface area contributed by atoms with Gasteiger partial charge in [-0.15, -0.1) is 0 Å². The molecule has 0 saturated heterocycles. The normalized spacial score (nSPS) is 12.9. The van der Waals surface area contributed by atoms with Crippen molar-refractivity contribution in [1.29, 1.82) is 0 Å². The summed E-state index contributed by atoms with van der Waals surface area (Å²) in [7, 11) is 0. The predicted molar refractivity (Wildman–Crippen MR) is 239 cm³/mol. The fraction of sp³-hybridized carbons (Fsp3) is 0.0545. The van der Waals surface area contributed by atoms with Crippen molar-refractivity contribution in [2.45, 2.75) is 19.3 Å². The minimum atomic E-state index is -0.187. The Labute approximate surface area is 332 Å². The Morgan fingerprint density at radius 3 is 1.53 bits per heavy atom. The third kappa shape index (κ3) is 5.33. The zero-order valence-electron chi connectivity index (χ0n) is 31.9. The lowest BCUT2D eigenvalue weighted by atomic mass is 9.77. The summed E-state index contributed by atoms with van der Waals surface area (Å²) in [5.41, 5.74) is 15.1. The average molecular weight is 727 g/mol. The smallest absolute Gasteiger partial charge is 0.161 e. The van der Waals surface area contributed by atoms with Crippen LogP contribution < -0.4 is 0 Å². The average Bonchev–Trinajstić information content (AvgIpc) is 3.52. The van der Waals surface area contributed by atoms with Crippen molar-refractivity contribution in [2.75, 3.05) is 0 Å². The van der Waals surface area contributed by atoms with E-state index in [1.165, 1.54) is 71.4 Å². The zero-order valence-corrected chi connectivity index (χ0v) is 31.9. The van der Waals surface area contributed by atoms with E-state index in [-0.39, 0.29) is 5.41 Å². The fourth-order valence-corrected chi connectivity index (χ4v) is 9.47. The largest absolute Gasteiger partial charge is 0.228 e. The number of rotatable bonds is 5. The topological polar surface area (TPSA) is 25.8 Å². The maximum Gasteiger partial charge on any atom is 0.161 e. The molecule has 0 bridgehead atoms. The van der Waals surface area contributed by atoms with Crippen LogP contribution in [0.5, 0.6) is 0 Å². The molecule has 1 heterocycles. The molecule has 11 rings (SSSR count). The van der Waals surface area contributed by atoms with Gasteiger partial charge in [0.1, 0.15) is 0 Å². The third-order valence-electron chi connectivity index (χ3n) is 12.1. The van der Waals surface area contributed by atoms with E-state index in [0.29, 0.717) is 5.82 Å². The lowest BCUT2D eigenvalue weighted by Crippen LogP contribution is -2.17. The summed E-state index contributed by atoms with van der Waals surface area (Å²) in [5, 5.41) is 7.43. The van der Waals surface area contributed by atoms with E-state index < -0.39 is 0 Å². The number of hydrogen-bond acceptors (Lipinski definition) is 2. The Balaban J connectivity index is 1.06. The van der Waals surface area contributed by atoms with Gasteiger partial charge in [0.25, 0.3) is 0 Å². The van der Waals surface area contributed by atoms with Crippen molar-refractivity contribution >= 4 is 32.3 Å². The van der Waals surface area contributed by atoms with Gasteiger partial charge in [-0.25, -0.2) is 9.97 Å². The van der Waals surface area contributed by atoms with Gasteiger partial charge in [-0.1, -0.05) is 196 Å². The number of hydrogen-bond donors (Lipinski definition) is 0. The molecule has 0 amide bonds. The van der Waals surface area contributed by atoms with Crippen LogP contribution >= 0.6 is 0 Å². The van der Waals surface area contributed by atoms with Crippen LogP contribution in [0.2, 0.25) is 0 Å². The van der Waals surface area contributed by atoms with E-state index in [1.807, 2.05) is 6.07 Å². The molecule has 0 spiro atoms. The first-order valence-corrected chi connectivity index (χ1v) is 19.7. The van der Waals surface area contributed by atoms with Crippen LogP contribution in [0.25, 0.3) is 99.6 Å². The summed E-state index contributed by atoms with van der Waals surface area (Å²) in [6, 6.07) is 70.0. The molecule has 0 radical (unpaired) electrons. The maximum atomic E-state index is 5.33. The maximum absolute atomic E-state index is 5.33. The molecule has 0 aliphatic heterocycles. The molecule has 57 heavy (non-hydrogen) atoms. The second kappa shape index (κ2) is 13.0. The molecule has 0 N–H and O–H groups in total. The van der Waals surface area contributed by atoms with Crippen molar-refractivity contribution in [1.82, 2.24) is 9.97 Å². The van der Waals surface area contributed by atoms with Gasteiger partial charge in [-0.3, -0.25) is 0 Å². The molecule has 0 fully saturated rings. The first kappa shape index (κ1) is 33.2. The molecular weight excluding hydrogens is 689 g/mol. The minimum Gasteiger partial charge on any atom is -0.228 e. The highest BCUT2D eigenvalue weighted by atomic mass is 14.9. The fourth-order valence-electron chi connectivity index (χ4n) is 9.47. The van der Waals surface area contributed by atoms with Crippen molar-refractivity contribution in [3.63, 3.8) is 0 Å². The first-order valence-electron chi connectivity index (χ1n) is 19.7. The standard InChI is InChI=1S/C55H38N2/c1-55(2)52-42-20-9-7-15-36(42)30-31-48(52)47-25-13-24-46(53(47)55)45-32-33-49(44-22-11-10-21-43(44)45)54-56-50(38-16-4-3-5-17-38)34-51(57-54)39-28-26-37(27-29-39)41-23-12-18-35-14-6-8-19-40(35)41/h3-34H,1-2H3. The van der Waals surface area contributed by atoms with E-state index in [9.17, 15) is 0 Å². The Morgan fingerprint density at radius 1 is 0.316 bits per heavy atom. The van der Waals surface area contributed by atoms with Crippen LogP contribution in [0, 0.1) is 0 Å². The predicted octanol–water partition coefficient (Wildman–Crippen LogP) is 14.6. The highest BCUT2D eigenvalue weighted by Gasteiger charge is 2.39. The summed E-state index contributed by atoms with van der Waals surface area (Å²) < 4.78 is 0.